The molecule has 0 bridgehead atoms. The lowest BCUT2D eigenvalue weighted by Crippen LogP contribution is -2.39. The predicted octanol–water partition coefficient (Wildman–Crippen LogP) is 2.77. The van der Waals surface area contributed by atoms with Crippen molar-refractivity contribution in [2.75, 3.05) is 6.61 Å². The highest BCUT2D eigenvalue weighted by atomic mass is 35.5. The molecule has 0 spiro atoms. The first-order chi connectivity index (χ1) is 12.2. The van der Waals surface area contributed by atoms with Crippen LogP contribution in [-0.2, 0) is 25.6 Å². The third-order valence-corrected chi connectivity index (χ3v) is 4.78. The summed E-state index contributed by atoms with van der Waals surface area (Å²) in [5, 5.41) is 11.0. The van der Waals surface area contributed by atoms with Crippen LogP contribution in [0, 0.1) is 6.92 Å². The Balaban J connectivity index is 1.80. The van der Waals surface area contributed by atoms with Crippen LogP contribution in [0.15, 0.2) is 24.8 Å². The topological polar surface area (TPSA) is 74.2 Å². The Kier molecular flexibility index (Phi) is 5.53. The number of ether oxygens (including phenoxy) is 4. The Labute approximate surface area is 157 Å². The summed E-state index contributed by atoms with van der Waals surface area (Å²) in [6.45, 7) is 9.48. The van der Waals surface area contributed by atoms with E-state index in [1.165, 1.54) is 0 Å². The van der Waals surface area contributed by atoms with E-state index in [0.717, 1.165) is 0 Å². The van der Waals surface area contributed by atoms with Crippen LogP contribution in [0.1, 0.15) is 35.3 Å². The number of aryl methyl sites for hydroxylation is 1. The molecule has 2 saturated heterocycles. The van der Waals surface area contributed by atoms with Crippen molar-refractivity contribution in [2.24, 2.45) is 0 Å². The SMILES string of the molecule is C=CCOCc1cc(C(=O)[C@@H]2O[C@H]3OC(C)(C)O[C@H]3[C@@H]2O)c(C)cc1Cl. The number of Topliss-reactive ketones (excluding diaryl/α,β-unsaturated/α-hetero) is 1. The number of ketones is 1. The molecule has 2 aliphatic heterocycles. The van der Waals surface area contributed by atoms with Crippen molar-refractivity contribution in [2.45, 2.75) is 57.8 Å². The molecule has 0 aliphatic carbocycles. The second-order valence-electron chi connectivity index (χ2n) is 6.94. The average molecular weight is 383 g/mol. The number of hydrogen-bond acceptors (Lipinski definition) is 6. The number of carbonyl (C=O) groups excluding carboxylic acids is 1. The maximum atomic E-state index is 13.0. The van der Waals surface area contributed by atoms with Crippen LogP contribution in [0.4, 0.5) is 0 Å². The monoisotopic (exact) mass is 382 g/mol. The van der Waals surface area contributed by atoms with E-state index in [2.05, 4.69) is 6.58 Å². The van der Waals surface area contributed by atoms with Crippen molar-refractivity contribution in [3.8, 4) is 0 Å². The van der Waals surface area contributed by atoms with E-state index in [1.807, 2.05) is 0 Å². The lowest BCUT2D eigenvalue weighted by molar-refractivity contribution is -0.208. The molecule has 0 amide bonds. The average Bonchev–Trinajstić information content (AvgIpc) is 3.02. The van der Waals surface area contributed by atoms with Gasteiger partial charge in [0.1, 0.15) is 12.2 Å². The number of rotatable bonds is 6. The minimum atomic E-state index is -1.11. The summed E-state index contributed by atoms with van der Waals surface area (Å²) in [6, 6.07) is 3.39. The second-order valence-corrected chi connectivity index (χ2v) is 7.35. The Morgan fingerprint density at radius 1 is 1.42 bits per heavy atom. The highest BCUT2D eigenvalue weighted by Crippen LogP contribution is 2.38. The summed E-state index contributed by atoms with van der Waals surface area (Å²) >= 11 is 6.24. The van der Waals surface area contributed by atoms with Gasteiger partial charge >= 0.3 is 0 Å². The van der Waals surface area contributed by atoms with Crippen LogP contribution in [-0.4, -0.2) is 47.9 Å². The number of aliphatic hydroxyl groups excluding tert-OH is 1. The van der Waals surface area contributed by atoms with E-state index in [-0.39, 0.29) is 12.4 Å². The zero-order chi connectivity index (χ0) is 19.1. The molecule has 142 valence electrons. The van der Waals surface area contributed by atoms with E-state index < -0.39 is 30.4 Å². The molecule has 0 saturated carbocycles. The Bertz CT molecular complexity index is 716. The molecule has 1 aromatic carbocycles. The summed E-state index contributed by atoms with van der Waals surface area (Å²) in [6.07, 6.45) is -1.98. The van der Waals surface area contributed by atoms with E-state index >= 15 is 0 Å². The van der Waals surface area contributed by atoms with Gasteiger partial charge in [0.15, 0.2) is 24.0 Å². The third kappa shape index (κ3) is 3.71. The van der Waals surface area contributed by atoms with Crippen LogP contribution in [0.3, 0.4) is 0 Å². The number of fused-ring (bicyclic) bond motifs is 1. The van der Waals surface area contributed by atoms with Crippen LogP contribution in [0.5, 0.6) is 0 Å². The number of benzene rings is 1. The molecule has 0 radical (unpaired) electrons. The maximum Gasteiger partial charge on any atom is 0.194 e. The molecule has 6 nitrogen and oxygen atoms in total. The third-order valence-electron chi connectivity index (χ3n) is 4.43. The van der Waals surface area contributed by atoms with Crippen molar-refractivity contribution in [1.82, 2.24) is 0 Å². The molecule has 2 heterocycles. The molecule has 1 aromatic rings. The smallest absolute Gasteiger partial charge is 0.194 e. The molecular formula is C19H23ClO6. The van der Waals surface area contributed by atoms with Gasteiger partial charge < -0.3 is 24.1 Å². The zero-order valence-electron chi connectivity index (χ0n) is 15.0. The van der Waals surface area contributed by atoms with Crippen molar-refractivity contribution in [1.29, 1.82) is 0 Å². The predicted molar refractivity (Wildman–Crippen MR) is 95.1 cm³/mol. The summed E-state index contributed by atoms with van der Waals surface area (Å²) in [5.41, 5.74) is 1.81. The van der Waals surface area contributed by atoms with Gasteiger partial charge in [0.25, 0.3) is 0 Å². The minimum absolute atomic E-state index is 0.255. The van der Waals surface area contributed by atoms with Gasteiger partial charge in [0.05, 0.1) is 13.2 Å². The van der Waals surface area contributed by atoms with E-state index in [1.54, 1.807) is 39.0 Å². The first kappa shape index (κ1) is 19.5. The molecule has 0 unspecified atom stereocenters. The van der Waals surface area contributed by atoms with Crippen LogP contribution in [0.2, 0.25) is 5.02 Å². The van der Waals surface area contributed by atoms with Gasteiger partial charge in [-0.25, -0.2) is 0 Å². The maximum absolute atomic E-state index is 13.0. The van der Waals surface area contributed by atoms with E-state index in [0.29, 0.717) is 28.3 Å². The normalized spacial score (nSPS) is 29.6. The molecule has 2 aliphatic rings. The lowest BCUT2D eigenvalue weighted by Gasteiger charge is -2.23. The van der Waals surface area contributed by atoms with Gasteiger partial charge in [-0.3, -0.25) is 4.79 Å². The summed E-state index contributed by atoms with van der Waals surface area (Å²) in [7, 11) is 0. The largest absolute Gasteiger partial charge is 0.387 e. The number of hydrogen-bond donors (Lipinski definition) is 1. The fourth-order valence-corrected chi connectivity index (χ4v) is 3.48. The summed E-state index contributed by atoms with van der Waals surface area (Å²) < 4.78 is 22.3. The standard InChI is InChI=1S/C19H23ClO6/c1-5-6-23-9-11-8-12(10(2)7-13(11)20)14(21)16-15(22)17-18(24-16)26-19(3,4)25-17/h5,7-8,15-18,22H,1,6,9H2,2-4H3/t15-,16+,17+,18+/m1/s1. The Morgan fingerprint density at radius 2 is 2.15 bits per heavy atom. The Hall–Kier alpha value is -1.28. The van der Waals surface area contributed by atoms with Crippen molar-refractivity contribution >= 4 is 17.4 Å². The molecule has 1 N–H and O–H groups in total. The van der Waals surface area contributed by atoms with Crippen molar-refractivity contribution in [3.63, 3.8) is 0 Å². The van der Waals surface area contributed by atoms with Gasteiger partial charge in [0.2, 0.25) is 0 Å². The first-order valence-electron chi connectivity index (χ1n) is 8.44. The highest BCUT2D eigenvalue weighted by Gasteiger charge is 2.56. The quantitative estimate of drug-likeness (QED) is 0.463. The molecule has 26 heavy (non-hydrogen) atoms. The number of carbonyl (C=O) groups is 1. The van der Waals surface area contributed by atoms with Gasteiger partial charge in [0, 0.05) is 10.6 Å². The number of aliphatic hydroxyl groups is 1. The fourth-order valence-electron chi connectivity index (χ4n) is 3.21. The fraction of sp³-hybridized carbons (Fsp3) is 0.526. The molecular weight excluding hydrogens is 360 g/mol. The van der Waals surface area contributed by atoms with Crippen LogP contribution < -0.4 is 0 Å². The molecule has 0 aromatic heterocycles. The van der Waals surface area contributed by atoms with Gasteiger partial charge in [-0.1, -0.05) is 17.7 Å². The number of halogens is 1. The molecule has 7 heteroatoms. The van der Waals surface area contributed by atoms with Gasteiger partial charge in [-0.2, -0.15) is 0 Å². The van der Waals surface area contributed by atoms with Crippen molar-refractivity contribution < 1.29 is 28.8 Å². The molecule has 3 rings (SSSR count). The lowest BCUT2D eigenvalue weighted by atomic mass is 9.95. The summed E-state index contributed by atoms with van der Waals surface area (Å²) in [4.78, 5) is 13.0. The van der Waals surface area contributed by atoms with Gasteiger partial charge in [-0.05, 0) is 44.0 Å². The first-order valence-corrected chi connectivity index (χ1v) is 8.82. The zero-order valence-corrected chi connectivity index (χ0v) is 15.8. The molecule has 2 fully saturated rings. The van der Waals surface area contributed by atoms with Crippen molar-refractivity contribution in [3.05, 3.63) is 46.5 Å². The van der Waals surface area contributed by atoms with Gasteiger partial charge in [-0.15, -0.1) is 6.58 Å². The Morgan fingerprint density at radius 3 is 2.81 bits per heavy atom. The highest BCUT2D eigenvalue weighted by molar-refractivity contribution is 6.31. The second kappa shape index (κ2) is 7.38. The van der Waals surface area contributed by atoms with Crippen LogP contribution in [0.25, 0.3) is 0 Å². The summed E-state index contributed by atoms with van der Waals surface area (Å²) in [5.74, 6) is -1.19. The van der Waals surface area contributed by atoms with E-state index in [4.69, 9.17) is 30.5 Å². The minimum Gasteiger partial charge on any atom is -0.387 e. The van der Waals surface area contributed by atoms with E-state index in [9.17, 15) is 9.90 Å². The van der Waals surface area contributed by atoms with Crippen LogP contribution >= 0.6 is 11.6 Å². The molecule has 4 atom stereocenters.